The van der Waals surface area contributed by atoms with Crippen LogP contribution in [0.2, 0.25) is 0 Å². The van der Waals surface area contributed by atoms with Crippen LogP contribution in [0.15, 0.2) is 42.7 Å². The summed E-state index contributed by atoms with van der Waals surface area (Å²) in [6.45, 7) is 5.30. The number of hydrogen-bond acceptors (Lipinski definition) is 4. The first-order valence-electron chi connectivity index (χ1n) is 8.68. The lowest BCUT2D eigenvalue weighted by Crippen LogP contribution is -2.49. The Morgan fingerprint density at radius 2 is 1.83 bits per heavy atom. The van der Waals surface area contributed by atoms with Crippen molar-refractivity contribution >= 4 is 11.7 Å². The van der Waals surface area contributed by atoms with Gasteiger partial charge in [0, 0.05) is 44.2 Å². The fraction of sp³-hybridized carbons (Fsp3) is 0.421. The van der Waals surface area contributed by atoms with Gasteiger partial charge in [-0.1, -0.05) is 43.7 Å². The molecular weight excluding hydrogens is 300 g/mol. The molecular formula is C19H24N4O. The lowest BCUT2D eigenvalue weighted by atomic mass is 10.1. The lowest BCUT2D eigenvalue weighted by Gasteiger charge is -2.35. The minimum absolute atomic E-state index is 0.282. The number of benzene rings is 1. The van der Waals surface area contributed by atoms with Gasteiger partial charge in [0.15, 0.2) is 0 Å². The van der Waals surface area contributed by atoms with Crippen molar-refractivity contribution in [3.05, 3.63) is 42.7 Å². The Kier molecular flexibility index (Phi) is 5.41. The van der Waals surface area contributed by atoms with Crippen LogP contribution in [0.4, 0.5) is 5.82 Å². The summed E-state index contributed by atoms with van der Waals surface area (Å²) in [6, 6.07) is 12.2. The highest BCUT2D eigenvalue weighted by Crippen LogP contribution is 2.21. The largest absolute Gasteiger partial charge is 0.353 e. The Bertz CT molecular complexity index is 666. The third-order valence-corrected chi connectivity index (χ3v) is 4.42. The molecule has 3 rings (SSSR count). The van der Waals surface area contributed by atoms with Gasteiger partial charge in [-0.05, 0) is 6.42 Å². The Morgan fingerprint density at radius 3 is 2.54 bits per heavy atom. The molecule has 5 nitrogen and oxygen atoms in total. The topological polar surface area (TPSA) is 49.3 Å². The third kappa shape index (κ3) is 3.91. The average molecular weight is 324 g/mol. The van der Waals surface area contributed by atoms with Gasteiger partial charge in [-0.3, -0.25) is 4.79 Å². The van der Waals surface area contributed by atoms with Gasteiger partial charge in [0.05, 0.1) is 5.69 Å². The van der Waals surface area contributed by atoms with E-state index in [9.17, 15) is 4.79 Å². The summed E-state index contributed by atoms with van der Waals surface area (Å²) in [7, 11) is 0. The molecule has 1 aliphatic rings. The van der Waals surface area contributed by atoms with Crippen LogP contribution in [0.25, 0.3) is 11.3 Å². The number of anilines is 1. The van der Waals surface area contributed by atoms with Crippen molar-refractivity contribution in [3.63, 3.8) is 0 Å². The van der Waals surface area contributed by atoms with E-state index in [0.29, 0.717) is 6.42 Å². The van der Waals surface area contributed by atoms with Crippen molar-refractivity contribution in [2.45, 2.75) is 26.2 Å². The van der Waals surface area contributed by atoms with Crippen molar-refractivity contribution < 1.29 is 4.79 Å². The summed E-state index contributed by atoms with van der Waals surface area (Å²) in [5.74, 6) is 1.22. The number of piperazine rings is 1. The molecule has 5 heteroatoms. The van der Waals surface area contributed by atoms with Crippen molar-refractivity contribution in [2.75, 3.05) is 31.1 Å². The second-order valence-corrected chi connectivity index (χ2v) is 6.10. The van der Waals surface area contributed by atoms with E-state index >= 15 is 0 Å². The molecule has 0 unspecified atom stereocenters. The van der Waals surface area contributed by atoms with E-state index in [1.165, 1.54) is 0 Å². The fourth-order valence-corrected chi connectivity index (χ4v) is 2.96. The molecule has 2 heterocycles. The van der Waals surface area contributed by atoms with E-state index < -0.39 is 0 Å². The highest BCUT2D eigenvalue weighted by Gasteiger charge is 2.21. The van der Waals surface area contributed by atoms with Crippen molar-refractivity contribution in [1.29, 1.82) is 0 Å². The third-order valence-electron chi connectivity index (χ3n) is 4.42. The van der Waals surface area contributed by atoms with Crippen LogP contribution in [0.5, 0.6) is 0 Å². The van der Waals surface area contributed by atoms with Gasteiger partial charge >= 0.3 is 0 Å². The first-order chi connectivity index (χ1) is 11.8. The number of carbonyl (C=O) groups excluding carboxylic acids is 1. The minimum atomic E-state index is 0.282. The molecule has 1 saturated heterocycles. The molecule has 24 heavy (non-hydrogen) atoms. The zero-order valence-electron chi connectivity index (χ0n) is 14.2. The molecule has 2 aromatic rings. The van der Waals surface area contributed by atoms with E-state index in [1.807, 2.05) is 29.2 Å². The van der Waals surface area contributed by atoms with Gasteiger partial charge in [-0.25, -0.2) is 9.97 Å². The Hall–Kier alpha value is -2.43. The van der Waals surface area contributed by atoms with Gasteiger partial charge in [-0.15, -0.1) is 0 Å². The number of hydrogen-bond donors (Lipinski definition) is 0. The minimum Gasteiger partial charge on any atom is -0.353 e. The van der Waals surface area contributed by atoms with E-state index in [4.69, 9.17) is 0 Å². The molecule has 1 aromatic heterocycles. The monoisotopic (exact) mass is 324 g/mol. The summed E-state index contributed by atoms with van der Waals surface area (Å²) < 4.78 is 0. The number of amides is 1. The maximum Gasteiger partial charge on any atom is 0.222 e. The van der Waals surface area contributed by atoms with Crippen molar-refractivity contribution in [3.8, 4) is 11.3 Å². The van der Waals surface area contributed by atoms with Crippen LogP contribution in [-0.2, 0) is 4.79 Å². The van der Waals surface area contributed by atoms with Crippen molar-refractivity contribution in [1.82, 2.24) is 14.9 Å². The van der Waals surface area contributed by atoms with E-state index in [1.54, 1.807) is 6.33 Å². The predicted octanol–water partition coefficient (Wildman–Crippen LogP) is 2.98. The Labute approximate surface area is 143 Å². The summed E-state index contributed by atoms with van der Waals surface area (Å²) in [6.07, 6.45) is 4.33. The predicted molar refractivity (Wildman–Crippen MR) is 95.8 cm³/mol. The summed E-state index contributed by atoms with van der Waals surface area (Å²) >= 11 is 0. The molecule has 1 aliphatic heterocycles. The van der Waals surface area contributed by atoms with Gasteiger partial charge < -0.3 is 9.80 Å². The van der Waals surface area contributed by atoms with Crippen LogP contribution >= 0.6 is 0 Å². The van der Waals surface area contributed by atoms with E-state index in [-0.39, 0.29) is 5.91 Å². The quantitative estimate of drug-likeness (QED) is 0.848. The van der Waals surface area contributed by atoms with E-state index in [2.05, 4.69) is 33.9 Å². The highest BCUT2D eigenvalue weighted by molar-refractivity contribution is 5.76. The molecule has 0 radical (unpaired) electrons. The van der Waals surface area contributed by atoms with Gasteiger partial charge in [0.25, 0.3) is 0 Å². The average Bonchev–Trinajstić information content (AvgIpc) is 2.67. The SMILES string of the molecule is CCCCC(=O)N1CCN(c2cc(-c3ccccc3)ncn2)CC1. The smallest absolute Gasteiger partial charge is 0.222 e. The molecule has 1 amide bonds. The molecule has 1 aromatic carbocycles. The summed E-state index contributed by atoms with van der Waals surface area (Å²) in [4.78, 5) is 25.1. The fourth-order valence-electron chi connectivity index (χ4n) is 2.96. The second kappa shape index (κ2) is 7.90. The van der Waals surface area contributed by atoms with Crippen molar-refractivity contribution in [2.24, 2.45) is 0 Å². The molecule has 0 atom stereocenters. The zero-order chi connectivity index (χ0) is 16.8. The Morgan fingerprint density at radius 1 is 1.08 bits per heavy atom. The van der Waals surface area contributed by atoms with Gasteiger partial charge in [0.1, 0.15) is 12.1 Å². The van der Waals surface area contributed by atoms with Crippen LogP contribution in [0.1, 0.15) is 26.2 Å². The van der Waals surface area contributed by atoms with Gasteiger partial charge in [-0.2, -0.15) is 0 Å². The molecule has 0 spiro atoms. The van der Waals surface area contributed by atoms with Crippen LogP contribution in [-0.4, -0.2) is 47.0 Å². The molecule has 0 saturated carbocycles. The number of unbranched alkanes of at least 4 members (excludes halogenated alkanes) is 1. The molecule has 0 aliphatic carbocycles. The van der Waals surface area contributed by atoms with Crippen LogP contribution in [0, 0.1) is 0 Å². The summed E-state index contributed by atoms with van der Waals surface area (Å²) in [5, 5.41) is 0. The maximum atomic E-state index is 12.1. The normalized spacial score (nSPS) is 14.7. The highest BCUT2D eigenvalue weighted by atomic mass is 16.2. The standard InChI is InChI=1S/C19H24N4O/c1-2-3-9-19(24)23-12-10-22(11-13-23)18-14-17(20-15-21-18)16-7-5-4-6-8-16/h4-8,14-15H,2-3,9-13H2,1H3. The molecule has 1 fully saturated rings. The molecule has 126 valence electrons. The maximum absolute atomic E-state index is 12.1. The summed E-state index contributed by atoms with van der Waals surface area (Å²) in [5.41, 5.74) is 2.02. The first-order valence-corrected chi connectivity index (χ1v) is 8.68. The van der Waals surface area contributed by atoms with Crippen LogP contribution < -0.4 is 4.90 Å². The number of rotatable bonds is 5. The number of carbonyl (C=O) groups is 1. The van der Waals surface area contributed by atoms with Gasteiger partial charge in [0.2, 0.25) is 5.91 Å². The first kappa shape index (κ1) is 16.4. The van der Waals surface area contributed by atoms with E-state index in [0.717, 1.165) is 56.1 Å². The zero-order valence-corrected chi connectivity index (χ0v) is 14.2. The number of nitrogens with zero attached hydrogens (tertiary/aromatic N) is 4. The number of aromatic nitrogens is 2. The Balaban J connectivity index is 1.64. The molecule has 0 N–H and O–H groups in total. The van der Waals surface area contributed by atoms with Crippen LogP contribution in [0.3, 0.4) is 0 Å². The molecule has 0 bridgehead atoms. The second-order valence-electron chi connectivity index (χ2n) is 6.10. The lowest BCUT2D eigenvalue weighted by molar-refractivity contribution is -0.131.